The van der Waals surface area contributed by atoms with Crippen molar-refractivity contribution in [3.05, 3.63) is 0 Å². The van der Waals surface area contributed by atoms with Gasteiger partial charge in [-0.2, -0.15) is 0 Å². The third kappa shape index (κ3) is 2.81. The molecule has 72 valence electrons. The Morgan fingerprint density at radius 1 is 1.17 bits per heavy atom. The maximum absolute atomic E-state index is 11.1. The minimum Gasteiger partial charge on any atom is -0.469 e. The Morgan fingerprint density at radius 2 is 1.67 bits per heavy atom. The lowest BCUT2D eigenvalue weighted by Gasteiger charge is -2.23. The van der Waals surface area contributed by atoms with Crippen LogP contribution >= 0.6 is 0 Å². The maximum atomic E-state index is 11.1. The third-order valence-corrected chi connectivity index (χ3v) is 2.00. The van der Waals surface area contributed by atoms with Crippen LogP contribution in [0.2, 0.25) is 0 Å². The van der Waals surface area contributed by atoms with Crippen molar-refractivity contribution in [2.45, 2.75) is 26.9 Å². The SMILES string of the molecule is COC(=O)[C@H](C)[C@H](OC)C(C)C. The fourth-order valence-electron chi connectivity index (χ4n) is 1.37. The summed E-state index contributed by atoms with van der Waals surface area (Å²) in [7, 11) is 3.01. The molecule has 0 aliphatic rings. The van der Waals surface area contributed by atoms with E-state index in [1.54, 1.807) is 7.11 Å². The van der Waals surface area contributed by atoms with Crippen molar-refractivity contribution < 1.29 is 14.3 Å². The normalized spacial score (nSPS) is 15.8. The molecule has 0 radical (unpaired) electrons. The van der Waals surface area contributed by atoms with Crippen LogP contribution in [0, 0.1) is 11.8 Å². The summed E-state index contributed by atoms with van der Waals surface area (Å²) in [4.78, 5) is 11.1. The Labute approximate surface area is 74.0 Å². The molecule has 0 bridgehead atoms. The molecule has 0 fully saturated rings. The molecular formula is C9H18O3. The lowest BCUT2D eigenvalue weighted by atomic mass is 9.95. The molecule has 0 aromatic rings. The van der Waals surface area contributed by atoms with Crippen molar-refractivity contribution in [3.8, 4) is 0 Å². The average molecular weight is 174 g/mol. The second kappa shape index (κ2) is 5.14. The van der Waals surface area contributed by atoms with Crippen LogP contribution < -0.4 is 0 Å². The van der Waals surface area contributed by atoms with Crippen LogP contribution in [0.3, 0.4) is 0 Å². The van der Waals surface area contributed by atoms with Crippen LogP contribution in [0.1, 0.15) is 20.8 Å². The first-order valence-electron chi connectivity index (χ1n) is 4.15. The first-order valence-corrected chi connectivity index (χ1v) is 4.15. The molecule has 0 aromatic carbocycles. The van der Waals surface area contributed by atoms with Crippen LogP contribution in [-0.2, 0) is 14.3 Å². The van der Waals surface area contributed by atoms with Gasteiger partial charge < -0.3 is 9.47 Å². The summed E-state index contributed by atoms with van der Waals surface area (Å²) in [6.45, 7) is 5.86. The van der Waals surface area contributed by atoms with Gasteiger partial charge in [-0.15, -0.1) is 0 Å². The van der Waals surface area contributed by atoms with Crippen LogP contribution in [0.4, 0.5) is 0 Å². The van der Waals surface area contributed by atoms with Crippen molar-refractivity contribution in [2.75, 3.05) is 14.2 Å². The summed E-state index contributed by atoms with van der Waals surface area (Å²) in [6, 6.07) is 0. The number of esters is 1. The quantitative estimate of drug-likeness (QED) is 0.605. The topological polar surface area (TPSA) is 35.5 Å². The molecule has 0 aromatic heterocycles. The second-order valence-corrected chi connectivity index (χ2v) is 3.26. The van der Waals surface area contributed by atoms with Crippen LogP contribution in [0.5, 0.6) is 0 Å². The van der Waals surface area contributed by atoms with Crippen molar-refractivity contribution >= 4 is 5.97 Å². The monoisotopic (exact) mass is 174 g/mol. The first kappa shape index (κ1) is 11.4. The van der Waals surface area contributed by atoms with Gasteiger partial charge in [-0.25, -0.2) is 0 Å². The van der Waals surface area contributed by atoms with Crippen LogP contribution in [-0.4, -0.2) is 26.3 Å². The van der Waals surface area contributed by atoms with E-state index in [0.29, 0.717) is 5.92 Å². The molecule has 3 nitrogen and oxygen atoms in total. The Bertz CT molecular complexity index is 143. The number of carbonyl (C=O) groups excluding carboxylic acids is 1. The molecule has 0 rings (SSSR count). The number of hydrogen-bond acceptors (Lipinski definition) is 3. The smallest absolute Gasteiger partial charge is 0.311 e. The predicted molar refractivity (Wildman–Crippen MR) is 46.8 cm³/mol. The van der Waals surface area contributed by atoms with Gasteiger partial charge >= 0.3 is 5.97 Å². The summed E-state index contributed by atoms with van der Waals surface area (Å²) < 4.78 is 9.82. The van der Waals surface area contributed by atoms with Crippen molar-refractivity contribution in [1.82, 2.24) is 0 Å². The van der Waals surface area contributed by atoms with E-state index >= 15 is 0 Å². The largest absolute Gasteiger partial charge is 0.469 e. The highest BCUT2D eigenvalue weighted by atomic mass is 16.5. The Hall–Kier alpha value is -0.570. The van der Waals surface area contributed by atoms with E-state index in [2.05, 4.69) is 4.74 Å². The minimum atomic E-state index is -0.212. The molecule has 12 heavy (non-hydrogen) atoms. The summed E-state index contributed by atoms with van der Waals surface area (Å²) in [5.41, 5.74) is 0. The second-order valence-electron chi connectivity index (χ2n) is 3.26. The number of ether oxygens (including phenoxy) is 2. The number of rotatable bonds is 4. The van der Waals surface area contributed by atoms with E-state index < -0.39 is 0 Å². The van der Waals surface area contributed by atoms with Crippen molar-refractivity contribution in [3.63, 3.8) is 0 Å². The van der Waals surface area contributed by atoms with Gasteiger partial charge in [0, 0.05) is 7.11 Å². The fraction of sp³-hybridized carbons (Fsp3) is 0.889. The van der Waals surface area contributed by atoms with Gasteiger partial charge in [0.2, 0.25) is 0 Å². The first-order chi connectivity index (χ1) is 5.54. The third-order valence-electron chi connectivity index (χ3n) is 2.00. The molecule has 0 aliphatic heterocycles. The highest BCUT2D eigenvalue weighted by molar-refractivity contribution is 5.72. The van der Waals surface area contributed by atoms with E-state index in [9.17, 15) is 4.79 Å². The minimum absolute atomic E-state index is 0.0579. The lowest BCUT2D eigenvalue weighted by Crippen LogP contribution is -2.32. The molecule has 0 heterocycles. The lowest BCUT2D eigenvalue weighted by molar-refractivity contribution is -0.150. The van der Waals surface area contributed by atoms with Crippen LogP contribution in [0.25, 0.3) is 0 Å². The van der Waals surface area contributed by atoms with Crippen molar-refractivity contribution in [1.29, 1.82) is 0 Å². The standard InChI is InChI=1S/C9H18O3/c1-6(2)8(11-4)7(3)9(10)12-5/h6-8H,1-5H3/t7-,8-/m1/s1. The average Bonchev–Trinajstić information content (AvgIpc) is 2.03. The van der Waals surface area contributed by atoms with Gasteiger partial charge in [0.15, 0.2) is 0 Å². The molecule has 0 saturated carbocycles. The van der Waals surface area contributed by atoms with E-state index in [4.69, 9.17) is 4.74 Å². The van der Waals surface area contributed by atoms with E-state index in [-0.39, 0.29) is 18.0 Å². The number of methoxy groups -OCH3 is 2. The number of carbonyl (C=O) groups is 1. The van der Waals surface area contributed by atoms with Gasteiger partial charge in [0.05, 0.1) is 19.1 Å². The van der Waals surface area contributed by atoms with E-state index in [0.717, 1.165) is 0 Å². The Balaban J connectivity index is 4.20. The molecule has 3 heteroatoms. The van der Waals surface area contributed by atoms with Gasteiger partial charge in [0.25, 0.3) is 0 Å². The summed E-state index contributed by atoms with van der Waals surface area (Å²) in [5, 5.41) is 0. The molecule has 2 atom stereocenters. The highest BCUT2D eigenvalue weighted by Gasteiger charge is 2.26. The molecule has 0 amide bonds. The molecule has 0 unspecified atom stereocenters. The summed E-state index contributed by atoms with van der Waals surface area (Å²) in [6.07, 6.45) is -0.0579. The summed E-state index contributed by atoms with van der Waals surface area (Å²) >= 11 is 0. The molecule has 0 saturated heterocycles. The Morgan fingerprint density at radius 3 is 1.92 bits per heavy atom. The highest BCUT2D eigenvalue weighted by Crippen LogP contribution is 2.16. The maximum Gasteiger partial charge on any atom is 0.311 e. The summed E-state index contributed by atoms with van der Waals surface area (Å²) in [5.74, 6) is -0.0837. The molecule has 0 spiro atoms. The zero-order valence-corrected chi connectivity index (χ0v) is 8.46. The van der Waals surface area contributed by atoms with E-state index in [1.807, 2.05) is 20.8 Å². The predicted octanol–water partition coefficient (Wildman–Crippen LogP) is 1.47. The van der Waals surface area contributed by atoms with E-state index in [1.165, 1.54) is 7.11 Å². The zero-order valence-electron chi connectivity index (χ0n) is 8.46. The van der Waals surface area contributed by atoms with Gasteiger partial charge in [-0.05, 0) is 12.8 Å². The van der Waals surface area contributed by atoms with Gasteiger partial charge in [0.1, 0.15) is 0 Å². The molecule has 0 N–H and O–H groups in total. The van der Waals surface area contributed by atoms with Gasteiger partial charge in [-0.3, -0.25) is 4.79 Å². The Kier molecular flexibility index (Phi) is 4.90. The van der Waals surface area contributed by atoms with Crippen molar-refractivity contribution in [2.24, 2.45) is 11.8 Å². The molecule has 0 aliphatic carbocycles. The zero-order chi connectivity index (χ0) is 9.72. The van der Waals surface area contributed by atoms with Crippen LogP contribution in [0.15, 0.2) is 0 Å². The fourth-order valence-corrected chi connectivity index (χ4v) is 1.37. The molecular weight excluding hydrogens is 156 g/mol. The number of hydrogen-bond donors (Lipinski definition) is 0. The van der Waals surface area contributed by atoms with Gasteiger partial charge in [-0.1, -0.05) is 13.8 Å².